The zero-order valence-electron chi connectivity index (χ0n) is 23.3. The number of alkyl carbamates (subject to hydrolysis) is 1. The molecule has 2 unspecified atom stereocenters. The second-order valence-electron chi connectivity index (χ2n) is 10.1. The standard InChI is InChI=1S/C29H41N3O6/c1-9-18-32(27(35)23(19-20(4)5)31-28(36)38-29(6,7)8)25(22-15-13-12-14-21(22)10-2)26(34)30-17-16-24(33)37-11-3/h2,9,12-15,20,23,25H,1,11,16-19H2,3-8H3,(H,30,34)(H,31,36). The maximum absolute atomic E-state index is 14.0. The van der Waals surface area contributed by atoms with Gasteiger partial charge in [-0.15, -0.1) is 13.0 Å². The van der Waals surface area contributed by atoms with Gasteiger partial charge in [0.05, 0.1) is 13.0 Å². The summed E-state index contributed by atoms with van der Waals surface area (Å²) in [5, 5.41) is 5.39. The van der Waals surface area contributed by atoms with Gasteiger partial charge in [0, 0.05) is 18.7 Å². The van der Waals surface area contributed by atoms with Gasteiger partial charge >= 0.3 is 12.1 Å². The Labute approximate surface area is 226 Å². The van der Waals surface area contributed by atoms with Crippen LogP contribution in [0.4, 0.5) is 4.79 Å². The van der Waals surface area contributed by atoms with Gasteiger partial charge in [-0.25, -0.2) is 4.79 Å². The number of esters is 1. The van der Waals surface area contributed by atoms with Crippen molar-refractivity contribution in [2.45, 2.75) is 72.1 Å². The normalized spacial score (nSPS) is 12.5. The summed E-state index contributed by atoms with van der Waals surface area (Å²) in [5.41, 5.74) is 0.100. The van der Waals surface area contributed by atoms with E-state index in [2.05, 4.69) is 23.1 Å². The Morgan fingerprint density at radius 1 is 1.18 bits per heavy atom. The highest BCUT2D eigenvalue weighted by molar-refractivity contribution is 5.92. The maximum atomic E-state index is 14.0. The summed E-state index contributed by atoms with van der Waals surface area (Å²) >= 11 is 0. The second-order valence-corrected chi connectivity index (χ2v) is 10.1. The molecule has 9 heteroatoms. The molecule has 0 saturated carbocycles. The maximum Gasteiger partial charge on any atom is 0.408 e. The lowest BCUT2D eigenvalue weighted by Crippen LogP contribution is -2.53. The summed E-state index contributed by atoms with van der Waals surface area (Å²) in [6.07, 6.45) is 6.75. The zero-order valence-corrected chi connectivity index (χ0v) is 23.3. The molecule has 0 aliphatic carbocycles. The van der Waals surface area contributed by atoms with E-state index in [-0.39, 0.29) is 32.0 Å². The number of carbonyl (C=O) groups excluding carboxylic acids is 4. The van der Waals surface area contributed by atoms with E-state index in [0.717, 1.165) is 0 Å². The van der Waals surface area contributed by atoms with Crippen LogP contribution in [0, 0.1) is 18.3 Å². The number of hydrogen-bond donors (Lipinski definition) is 2. The third-order valence-corrected chi connectivity index (χ3v) is 5.21. The van der Waals surface area contributed by atoms with Crippen molar-refractivity contribution in [1.82, 2.24) is 15.5 Å². The number of nitrogens with zero attached hydrogens (tertiary/aromatic N) is 1. The third-order valence-electron chi connectivity index (χ3n) is 5.21. The van der Waals surface area contributed by atoms with Crippen LogP contribution >= 0.6 is 0 Å². The fraction of sp³-hybridized carbons (Fsp3) is 0.517. The topological polar surface area (TPSA) is 114 Å². The number of nitrogens with one attached hydrogen (secondary N) is 2. The summed E-state index contributed by atoms with van der Waals surface area (Å²) in [6, 6.07) is 4.68. The number of rotatable bonds is 13. The first-order valence-electron chi connectivity index (χ1n) is 12.7. The van der Waals surface area contributed by atoms with E-state index in [9.17, 15) is 19.2 Å². The largest absolute Gasteiger partial charge is 0.466 e. The Morgan fingerprint density at radius 3 is 2.39 bits per heavy atom. The second kappa shape index (κ2) is 15.5. The Kier molecular flexibility index (Phi) is 13.1. The molecular formula is C29H41N3O6. The predicted octanol–water partition coefficient (Wildman–Crippen LogP) is 3.73. The van der Waals surface area contributed by atoms with Crippen LogP contribution in [0.5, 0.6) is 0 Å². The van der Waals surface area contributed by atoms with Crippen LogP contribution < -0.4 is 10.6 Å². The first kappa shape index (κ1) is 32.2. The number of hydrogen-bond acceptors (Lipinski definition) is 6. The Balaban J connectivity index is 3.45. The van der Waals surface area contributed by atoms with Gasteiger partial charge in [-0.3, -0.25) is 14.4 Å². The fourth-order valence-electron chi connectivity index (χ4n) is 3.74. The van der Waals surface area contributed by atoms with Crippen LogP contribution in [0.2, 0.25) is 0 Å². The van der Waals surface area contributed by atoms with Crippen LogP contribution in [0.1, 0.15) is 71.6 Å². The Hall–Kier alpha value is -3.80. The molecule has 0 aromatic heterocycles. The molecular weight excluding hydrogens is 486 g/mol. The van der Waals surface area contributed by atoms with E-state index in [1.54, 1.807) is 52.0 Å². The predicted molar refractivity (Wildman–Crippen MR) is 146 cm³/mol. The van der Waals surface area contributed by atoms with Gasteiger partial charge in [0.15, 0.2) is 0 Å². The van der Waals surface area contributed by atoms with E-state index >= 15 is 0 Å². The molecule has 1 aromatic carbocycles. The molecule has 0 bridgehead atoms. The average molecular weight is 528 g/mol. The minimum absolute atomic E-state index is 0.00169. The van der Waals surface area contributed by atoms with Crippen LogP contribution in [-0.2, 0) is 23.9 Å². The van der Waals surface area contributed by atoms with Crippen LogP contribution in [0.3, 0.4) is 0 Å². The first-order valence-corrected chi connectivity index (χ1v) is 12.7. The lowest BCUT2D eigenvalue weighted by Gasteiger charge is -2.34. The molecule has 208 valence electrons. The number of amides is 3. The molecule has 1 aromatic rings. The molecule has 0 radical (unpaired) electrons. The number of terminal acetylenes is 1. The number of carbonyl (C=O) groups is 4. The average Bonchev–Trinajstić information content (AvgIpc) is 2.82. The molecule has 3 amide bonds. The van der Waals surface area contributed by atoms with Crippen molar-refractivity contribution in [3.63, 3.8) is 0 Å². The zero-order chi connectivity index (χ0) is 28.9. The monoisotopic (exact) mass is 527 g/mol. The van der Waals surface area contributed by atoms with E-state index in [4.69, 9.17) is 15.9 Å². The van der Waals surface area contributed by atoms with Crippen LogP contribution in [0.15, 0.2) is 36.9 Å². The van der Waals surface area contributed by atoms with Crippen LogP contribution in [-0.4, -0.2) is 60.1 Å². The smallest absolute Gasteiger partial charge is 0.408 e. The van der Waals surface area contributed by atoms with Gasteiger partial charge in [-0.2, -0.15) is 0 Å². The van der Waals surface area contributed by atoms with Crippen molar-refractivity contribution >= 4 is 23.9 Å². The molecule has 1 rings (SSSR count). The van der Waals surface area contributed by atoms with E-state index in [0.29, 0.717) is 17.5 Å². The van der Waals surface area contributed by atoms with Gasteiger partial charge < -0.3 is 25.0 Å². The first-order chi connectivity index (χ1) is 17.8. The molecule has 0 aliphatic heterocycles. The third kappa shape index (κ3) is 10.7. The number of ether oxygens (including phenoxy) is 2. The fourth-order valence-corrected chi connectivity index (χ4v) is 3.74. The molecule has 0 saturated heterocycles. The quantitative estimate of drug-likeness (QED) is 0.230. The van der Waals surface area contributed by atoms with Gasteiger partial charge in [0.2, 0.25) is 11.8 Å². The number of benzene rings is 1. The van der Waals surface area contributed by atoms with E-state index in [1.807, 2.05) is 13.8 Å². The summed E-state index contributed by atoms with van der Waals surface area (Å²) in [5.74, 6) is 1.13. The molecule has 2 atom stereocenters. The highest BCUT2D eigenvalue weighted by Gasteiger charge is 2.36. The van der Waals surface area contributed by atoms with E-state index in [1.165, 1.54) is 11.0 Å². The van der Waals surface area contributed by atoms with Crippen molar-refractivity contribution < 1.29 is 28.7 Å². The van der Waals surface area contributed by atoms with Crippen molar-refractivity contribution in [3.8, 4) is 12.3 Å². The lowest BCUT2D eigenvalue weighted by atomic mass is 9.96. The summed E-state index contributed by atoms with van der Waals surface area (Å²) in [6.45, 7) is 14.7. The van der Waals surface area contributed by atoms with Crippen molar-refractivity contribution in [2.75, 3.05) is 19.7 Å². The highest BCUT2D eigenvalue weighted by atomic mass is 16.6. The van der Waals surface area contributed by atoms with Gasteiger partial charge in [-0.05, 0) is 51.7 Å². The molecule has 38 heavy (non-hydrogen) atoms. The SMILES string of the molecule is C#Cc1ccccc1C(C(=O)NCCC(=O)OCC)N(CC=C)C(=O)C(CC(C)C)NC(=O)OC(C)(C)C. The lowest BCUT2D eigenvalue weighted by molar-refractivity contribution is -0.144. The Morgan fingerprint density at radius 2 is 1.84 bits per heavy atom. The van der Waals surface area contributed by atoms with Gasteiger partial charge in [0.25, 0.3) is 0 Å². The molecule has 0 fully saturated rings. The van der Waals surface area contributed by atoms with Crippen molar-refractivity contribution in [1.29, 1.82) is 0 Å². The molecule has 0 spiro atoms. The van der Waals surface area contributed by atoms with Crippen molar-refractivity contribution in [3.05, 3.63) is 48.0 Å². The molecule has 0 heterocycles. The summed E-state index contributed by atoms with van der Waals surface area (Å²) in [7, 11) is 0. The van der Waals surface area contributed by atoms with Crippen molar-refractivity contribution in [2.24, 2.45) is 5.92 Å². The molecule has 0 aliphatic rings. The van der Waals surface area contributed by atoms with Gasteiger partial charge in [0.1, 0.15) is 17.7 Å². The molecule has 2 N–H and O–H groups in total. The van der Waals surface area contributed by atoms with E-state index < -0.39 is 41.6 Å². The highest BCUT2D eigenvalue weighted by Crippen LogP contribution is 2.26. The van der Waals surface area contributed by atoms with Gasteiger partial charge in [-0.1, -0.05) is 44.0 Å². The molecule has 9 nitrogen and oxygen atoms in total. The minimum atomic E-state index is -1.15. The van der Waals surface area contributed by atoms with Crippen LogP contribution in [0.25, 0.3) is 0 Å². The minimum Gasteiger partial charge on any atom is -0.466 e. The summed E-state index contributed by atoms with van der Waals surface area (Å²) in [4.78, 5) is 53.2. The summed E-state index contributed by atoms with van der Waals surface area (Å²) < 4.78 is 10.3. The Bertz CT molecular complexity index is 1020.